The minimum atomic E-state index is 0.0958. The van der Waals surface area contributed by atoms with Crippen molar-refractivity contribution < 1.29 is 14.6 Å². The third-order valence-corrected chi connectivity index (χ3v) is 5.02. The van der Waals surface area contributed by atoms with E-state index in [4.69, 9.17) is 21.1 Å². The second-order valence-electron chi connectivity index (χ2n) is 6.86. The fraction of sp³-hybridized carbons (Fsp3) is 0.125. The molecule has 3 aromatic carbocycles. The molecule has 0 aliphatic carbocycles. The van der Waals surface area contributed by atoms with Crippen LogP contribution in [0, 0.1) is 0 Å². The molecule has 1 N–H and O–H groups in total. The first-order valence-electron chi connectivity index (χ1n) is 9.43. The molecule has 5 nitrogen and oxygen atoms in total. The average molecular weight is 421 g/mol. The maximum absolute atomic E-state index is 10.7. The zero-order valence-corrected chi connectivity index (χ0v) is 17.4. The number of rotatable bonds is 6. The first-order chi connectivity index (χ1) is 14.5. The highest BCUT2D eigenvalue weighted by atomic mass is 35.5. The van der Waals surface area contributed by atoms with Crippen molar-refractivity contribution in [3.8, 4) is 39.6 Å². The molecule has 0 saturated carbocycles. The van der Waals surface area contributed by atoms with Gasteiger partial charge in [-0.1, -0.05) is 41.9 Å². The van der Waals surface area contributed by atoms with E-state index in [1.807, 2.05) is 73.9 Å². The topological polar surface area (TPSA) is 56.5 Å². The Kier molecular flexibility index (Phi) is 5.63. The van der Waals surface area contributed by atoms with E-state index >= 15 is 0 Å². The predicted octanol–water partition coefficient (Wildman–Crippen LogP) is 5.70. The van der Waals surface area contributed by atoms with Crippen molar-refractivity contribution in [1.82, 2.24) is 9.78 Å². The minimum Gasteiger partial charge on any atom is -0.507 e. The summed E-state index contributed by atoms with van der Waals surface area (Å²) in [5, 5.41) is 16.0. The first kappa shape index (κ1) is 19.9. The van der Waals surface area contributed by atoms with Crippen LogP contribution in [-0.2, 0) is 13.7 Å². The summed E-state index contributed by atoms with van der Waals surface area (Å²) in [6.07, 6.45) is 1.91. The van der Waals surface area contributed by atoms with Crippen molar-refractivity contribution in [3.63, 3.8) is 0 Å². The number of methoxy groups -OCH3 is 1. The third-order valence-electron chi connectivity index (χ3n) is 4.77. The van der Waals surface area contributed by atoms with E-state index in [1.165, 1.54) is 0 Å². The number of phenolic OH excluding ortho intramolecular Hbond substituents is 1. The molecule has 0 aliphatic heterocycles. The second-order valence-corrected chi connectivity index (χ2v) is 7.30. The first-order valence-corrected chi connectivity index (χ1v) is 9.80. The second kappa shape index (κ2) is 8.51. The summed E-state index contributed by atoms with van der Waals surface area (Å²) < 4.78 is 13.0. The zero-order chi connectivity index (χ0) is 21.1. The molecule has 4 rings (SSSR count). The molecule has 1 aromatic heterocycles. The van der Waals surface area contributed by atoms with Gasteiger partial charge < -0.3 is 14.6 Å². The predicted molar refractivity (Wildman–Crippen MR) is 118 cm³/mol. The van der Waals surface area contributed by atoms with Crippen molar-refractivity contribution in [2.24, 2.45) is 7.05 Å². The number of para-hydroxylation sites is 1. The molecular weight excluding hydrogens is 400 g/mol. The highest BCUT2D eigenvalue weighted by Gasteiger charge is 2.18. The van der Waals surface area contributed by atoms with Crippen LogP contribution >= 0.6 is 11.6 Å². The van der Waals surface area contributed by atoms with Gasteiger partial charge in [-0.25, -0.2) is 0 Å². The van der Waals surface area contributed by atoms with Crippen LogP contribution in [0.1, 0.15) is 5.56 Å². The summed E-state index contributed by atoms with van der Waals surface area (Å²) in [7, 11) is 3.49. The molecule has 6 heteroatoms. The maximum atomic E-state index is 10.7. The summed E-state index contributed by atoms with van der Waals surface area (Å²) in [6, 6.07) is 20.4. The Hall–Kier alpha value is -3.44. The van der Waals surface area contributed by atoms with Gasteiger partial charge in [-0.3, -0.25) is 4.68 Å². The number of hydrogen-bond donors (Lipinski definition) is 1. The van der Waals surface area contributed by atoms with Gasteiger partial charge in [0.25, 0.3) is 0 Å². The zero-order valence-electron chi connectivity index (χ0n) is 16.7. The normalized spacial score (nSPS) is 10.8. The van der Waals surface area contributed by atoms with Crippen LogP contribution in [0.5, 0.6) is 17.2 Å². The Morgan fingerprint density at radius 1 is 0.967 bits per heavy atom. The number of benzene rings is 3. The quantitative estimate of drug-likeness (QED) is 0.434. The number of hydrogen-bond acceptors (Lipinski definition) is 4. The highest BCUT2D eigenvalue weighted by molar-refractivity contribution is 6.30. The molecule has 0 unspecified atom stereocenters. The molecule has 0 aliphatic rings. The molecule has 0 bridgehead atoms. The van der Waals surface area contributed by atoms with E-state index in [2.05, 4.69) is 5.10 Å². The molecule has 0 fully saturated rings. The van der Waals surface area contributed by atoms with Crippen LogP contribution in [0.4, 0.5) is 0 Å². The van der Waals surface area contributed by atoms with Crippen molar-refractivity contribution in [3.05, 3.63) is 83.5 Å². The third kappa shape index (κ3) is 4.11. The number of aromatic hydroxyl groups is 1. The van der Waals surface area contributed by atoms with Crippen LogP contribution < -0.4 is 9.47 Å². The highest BCUT2D eigenvalue weighted by Crippen LogP contribution is 2.40. The standard InChI is InChI=1S/C24H21ClN2O3/c1-27-14-21(19-5-3-4-6-23(19)29-2)24(26-27)20-12-11-18(13-22(20)28)30-15-16-7-9-17(25)10-8-16/h3-14,28H,15H2,1-2H3. The SMILES string of the molecule is COc1ccccc1-c1cn(C)nc1-c1ccc(OCc2ccc(Cl)cc2)cc1O. The number of phenols is 1. The molecule has 0 radical (unpaired) electrons. The van der Waals surface area contributed by atoms with E-state index in [9.17, 15) is 5.11 Å². The molecule has 152 valence electrons. The fourth-order valence-corrected chi connectivity index (χ4v) is 3.43. The minimum absolute atomic E-state index is 0.0958. The Morgan fingerprint density at radius 3 is 2.47 bits per heavy atom. The molecule has 0 amide bonds. The number of nitrogens with zero attached hydrogens (tertiary/aromatic N) is 2. The average Bonchev–Trinajstić information content (AvgIpc) is 3.14. The molecular formula is C24H21ClN2O3. The van der Waals surface area contributed by atoms with E-state index in [-0.39, 0.29) is 5.75 Å². The van der Waals surface area contributed by atoms with E-state index in [0.29, 0.717) is 28.6 Å². The lowest BCUT2D eigenvalue weighted by molar-refractivity contribution is 0.304. The van der Waals surface area contributed by atoms with Gasteiger partial charge in [-0.05, 0) is 35.9 Å². The molecule has 30 heavy (non-hydrogen) atoms. The van der Waals surface area contributed by atoms with Gasteiger partial charge in [0.15, 0.2) is 0 Å². The number of halogens is 1. The smallest absolute Gasteiger partial charge is 0.128 e. The Bertz CT molecular complexity index is 1170. The lowest BCUT2D eigenvalue weighted by atomic mass is 10.0. The van der Waals surface area contributed by atoms with Gasteiger partial charge >= 0.3 is 0 Å². The van der Waals surface area contributed by atoms with Gasteiger partial charge in [-0.15, -0.1) is 0 Å². The van der Waals surface area contributed by atoms with Crippen molar-refractivity contribution in [1.29, 1.82) is 0 Å². The van der Waals surface area contributed by atoms with Gasteiger partial charge in [0.1, 0.15) is 29.5 Å². The van der Waals surface area contributed by atoms with Crippen molar-refractivity contribution >= 4 is 11.6 Å². The summed E-state index contributed by atoms with van der Waals surface area (Å²) in [5.41, 5.74) is 4.07. The van der Waals surface area contributed by atoms with Crippen LogP contribution in [0.25, 0.3) is 22.4 Å². The molecule has 4 aromatic rings. The van der Waals surface area contributed by atoms with E-state index in [0.717, 1.165) is 22.4 Å². The van der Waals surface area contributed by atoms with Crippen LogP contribution in [0.15, 0.2) is 72.9 Å². The van der Waals surface area contributed by atoms with E-state index < -0.39 is 0 Å². The molecule has 0 spiro atoms. The molecule has 0 atom stereocenters. The van der Waals surface area contributed by atoms with E-state index in [1.54, 1.807) is 17.9 Å². The summed E-state index contributed by atoms with van der Waals surface area (Å²) in [5.74, 6) is 1.41. The van der Waals surface area contributed by atoms with Crippen LogP contribution in [0.3, 0.4) is 0 Å². The Labute approximate surface area is 180 Å². The number of aryl methyl sites for hydroxylation is 1. The lowest BCUT2D eigenvalue weighted by Crippen LogP contribution is -1.95. The number of aromatic nitrogens is 2. The van der Waals surface area contributed by atoms with Crippen molar-refractivity contribution in [2.75, 3.05) is 7.11 Å². The van der Waals surface area contributed by atoms with Crippen molar-refractivity contribution in [2.45, 2.75) is 6.61 Å². The monoisotopic (exact) mass is 420 g/mol. The van der Waals surface area contributed by atoms with Gasteiger partial charge in [0.2, 0.25) is 0 Å². The fourth-order valence-electron chi connectivity index (χ4n) is 3.30. The van der Waals surface area contributed by atoms with Crippen LogP contribution in [-0.4, -0.2) is 22.0 Å². The Morgan fingerprint density at radius 2 is 1.73 bits per heavy atom. The lowest BCUT2D eigenvalue weighted by Gasteiger charge is -2.11. The molecule has 0 saturated heterocycles. The van der Waals surface area contributed by atoms with Gasteiger partial charge in [0.05, 0.1) is 7.11 Å². The maximum Gasteiger partial charge on any atom is 0.128 e. The Balaban J connectivity index is 1.63. The van der Waals surface area contributed by atoms with Gasteiger partial charge in [0, 0.05) is 41.0 Å². The molecule has 1 heterocycles. The summed E-state index contributed by atoms with van der Waals surface area (Å²) in [4.78, 5) is 0. The van der Waals surface area contributed by atoms with Crippen LogP contribution in [0.2, 0.25) is 5.02 Å². The summed E-state index contributed by atoms with van der Waals surface area (Å²) >= 11 is 5.91. The number of ether oxygens (including phenoxy) is 2. The largest absolute Gasteiger partial charge is 0.507 e. The van der Waals surface area contributed by atoms with Gasteiger partial charge in [-0.2, -0.15) is 5.10 Å². The summed E-state index contributed by atoms with van der Waals surface area (Å²) in [6.45, 7) is 0.381.